The standard InChI is InChI=1S/C36H37N3O7/c1-22(40)38-16-15-24-17-23(13-14-30(24)38)19-37-36(33(42)43)18-31(32(41)46-35(2,3)4)39(21-36)34(44)45-20-29-27-11-7-5-9-25(27)26-10-6-8-12-28(26)29/h5-17,29,31,37H,18-21H2,1-4H3,(H,42,43). The van der Waals surface area contributed by atoms with Crippen LogP contribution in [-0.2, 0) is 25.6 Å². The number of likely N-dealkylation sites (tertiary alicyclic amines) is 1. The van der Waals surface area contributed by atoms with Crippen molar-refractivity contribution in [2.24, 2.45) is 0 Å². The van der Waals surface area contributed by atoms with Gasteiger partial charge in [-0.1, -0.05) is 54.6 Å². The zero-order valence-corrected chi connectivity index (χ0v) is 26.3. The van der Waals surface area contributed by atoms with Crippen molar-refractivity contribution in [3.63, 3.8) is 0 Å². The van der Waals surface area contributed by atoms with Gasteiger partial charge in [0.15, 0.2) is 0 Å². The van der Waals surface area contributed by atoms with Gasteiger partial charge in [-0.05, 0) is 66.8 Å². The molecule has 10 nitrogen and oxygen atoms in total. The topological polar surface area (TPSA) is 127 Å². The van der Waals surface area contributed by atoms with Gasteiger partial charge >= 0.3 is 18.0 Å². The number of esters is 1. The predicted octanol–water partition coefficient (Wildman–Crippen LogP) is 5.58. The van der Waals surface area contributed by atoms with Gasteiger partial charge in [0.1, 0.15) is 23.8 Å². The molecular weight excluding hydrogens is 586 g/mol. The van der Waals surface area contributed by atoms with Crippen molar-refractivity contribution in [1.29, 1.82) is 0 Å². The number of benzene rings is 3. The lowest BCUT2D eigenvalue weighted by atomic mass is 9.95. The number of amides is 1. The summed E-state index contributed by atoms with van der Waals surface area (Å²) in [4.78, 5) is 53.1. The monoisotopic (exact) mass is 623 g/mol. The van der Waals surface area contributed by atoms with E-state index in [0.29, 0.717) is 0 Å². The van der Waals surface area contributed by atoms with E-state index in [-0.39, 0.29) is 37.9 Å². The fourth-order valence-corrected chi connectivity index (χ4v) is 6.56. The van der Waals surface area contributed by atoms with E-state index in [9.17, 15) is 24.3 Å². The third-order valence-corrected chi connectivity index (χ3v) is 8.74. The number of nitrogens with zero attached hydrogens (tertiary/aromatic N) is 2. The van der Waals surface area contributed by atoms with E-state index in [1.54, 1.807) is 31.5 Å². The fourth-order valence-electron chi connectivity index (χ4n) is 6.56. The molecule has 1 amide bonds. The molecular formula is C36H37N3O7. The number of carbonyl (C=O) groups is 4. The van der Waals surface area contributed by atoms with Crippen molar-refractivity contribution in [3.05, 3.63) is 95.7 Å². The molecule has 2 atom stereocenters. The number of aromatic nitrogens is 1. The number of carboxylic acids is 1. The first-order valence-electron chi connectivity index (χ1n) is 15.3. The molecule has 46 heavy (non-hydrogen) atoms. The summed E-state index contributed by atoms with van der Waals surface area (Å²) in [5.74, 6) is -2.20. The van der Waals surface area contributed by atoms with E-state index in [2.05, 4.69) is 5.32 Å². The Morgan fingerprint density at radius 2 is 1.61 bits per heavy atom. The normalized spacial score (nSPS) is 19.1. The second kappa shape index (κ2) is 11.8. The first kappa shape index (κ1) is 31.0. The van der Waals surface area contributed by atoms with Crippen LogP contribution in [0.15, 0.2) is 79.0 Å². The Morgan fingerprint density at radius 1 is 0.957 bits per heavy atom. The Morgan fingerprint density at radius 3 is 2.22 bits per heavy atom. The number of nitrogens with one attached hydrogen (secondary N) is 1. The van der Waals surface area contributed by atoms with Crippen LogP contribution in [0.2, 0.25) is 0 Å². The minimum Gasteiger partial charge on any atom is -0.480 e. The molecule has 1 fully saturated rings. The van der Waals surface area contributed by atoms with Gasteiger partial charge in [-0.2, -0.15) is 0 Å². The van der Waals surface area contributed by atoms with Crippen LogP contribution < -0.4 is 5.32 Å². The first-order valence-corrected chi connectivity index (χ1v) is 15.3. The van der Waals surface area contributed by atoms with Crippen LogP contribution in [0.5, 0.6) is 0 Å². The molecule has 0 spiro atoms. The van der Waals surface area contributed by atoms with Crippen LogP contribution in [0.3, 0.4) is 0 Å². The number of ether oxygens (including phenoxy) is 2. The van der Waals surface area contributed by atoms with Crippen molar-refractivity contribution in [3.8, 4) is 11.1 Å². The molecule has 10 heteroatoms. The second-order valence-corrected chi connectivity index (χ2v) is 13.0. The zero-order valence-electron chi connectivity index (χ0n) is 26.3. The number of hydrogen-bond donors (Lipinski definition) is 2. The molecule has 0 bridgehead atoms. The van der Waals surface area contributed by atoms with Gasteiger partial charge in [-0.15, -0.1) is 0 Å². The van der Waals surface area contributed by atoms with E-state index in [0.717, 1.165) is 38.7 Å². The van der Waals surface area contributed by atoms with Gasteiger partial charge in [-0.25, -0.2) is 9.59 Å². The Balaban J connectivity index is 1.24. The third-order valence-electron chi connectivity index (χ3n) is 8.74. The highest BCUT2D eigenvalue weighted by Crippen LogP contribution is 2.44. The summed E-state index contributed by atoms with van der Waals surface area (Å²) < 4.78 is 13.0. The minimum atomic E-state index is -1.65. The van der Waals surface area contributed by atoms with E-state index < -0.39 is 35.2 Å². The highest BCUT2D eigenvalue weighted by atomic mass is 16.6. The molecule has 2 heterocycles. The largest absolute Gasteiger partial charge is 0.480 e. The molecule has 0 saturated carbocycles. The lowest BCUT2D eigenvalue weighted by Gasteiger charge is -2.27. The van der Waals surface area contributed by atoms with Gasteiger partial charge < -0.3 is 14.6 Å². The predicted molar refractivity (Wildman–Crippen MR) is 171 cm³/mol. The number of fused-ring (bicyclic) bond motifs is 4. The summed E-state index contributed by atoms with van der Waals surface area (Å²) in [5, 5.41) is 14.5. The smallest absolute Gasteiger partial charge is 0.410 e. The number of rotatable bonds is 7. The van der Waals surface area contributed by atoms with Crippen LogP contribution in [0.25, 0.3) is 22.0 Å². The van der Waals surface area contributed by atoms with Gasteiger partial charge in [0.05, 0.1) is 12.1 Å². The van der Waals surface area contributed by atoms with Gasteiger partial charge in [0.2, 0.25) is 5.91 Å². The zero-order chi connectivity index (χ0) is 32.8. The summed E-state index contributed by atoms with van der Waals surface area (Å²) in [6, 6.07) is 22.1. The highest BCUT2D eigenvalue weighted by molar-refractivity contribution is 5.92. The molecule has 2 unspecified atom stereocenters. The van der Waals surface area contributed by atoms with E-state index in [1.165, 1.54) is 11.8 Å². The summed E-state index contributed by atoms with van der Waals surface area (Å²) >= 11 is 0. The quantitative estimate of drug-likeness (QED) is 0.256. The molecule has 2 N–H and O–H groups in total. The molecule has 0 radical (unpaired) electrons. The molecule has 4 aromatic rings. The van der Waals surface area contributed by atoms with Gasteiger partial charge in [0, 0.05) is 37.4 Å². The number of aliphatic carboxylic acids is 1. The average Bonchev–Trinajstić information content (AvgIpc) is 3.71. The number of hydrogen-bond acceptors (Lipinski definition) is 7. The first-order chi connectivity index (χ1) is 21.9. The highest BCUT2D eigenvalue weighted by Gasteiger charge is 2.55. The molecule has 1 aliphatic heterocycles. The Bertz CT molecular complexity index is 1810. The summed E-state index contributed by atoms with van der Waals surface area (Å²) in [6.07, 6.45) is 0.705. The van der Waals surface area contributed by atoms with Crippen molar-refractivity contribution >= 4 is 34.8 Å². The minimum absolute atomic E-state index is 0.0256. The molecule has 6 rings (SSSR count). The lowest BCUT2D eigenvalue weighted by molar-refractivity contribution is -0.159. The molecule has 2 aliphatic rings. The van der Waals surface area contributed by atoms with Crippen LogP contribution in [0, 0.1) is 0 Å². The van der Waals surface area contributed by atoms with E-state index in [1.807, 2.05) is 72.8 Å². The van der Waals surface area contributed by atoms with Crippen molar-refractivity contribution in [2.75, 3.05) is 13.2 Å². The van der Waals surface area contributed by atoms with E-state index in [4.69, 9.17) is 9.47 Å². The van der Waals surface area contributed by atoms with E-state index >= 15 is 0 Å². The van der Waals surface area contributed by atoms with Crippen molar-refractivity contribution in [2.45, 2.75) is 63.8 Å². The molecule has 1 aliphatic carbocycles. The Labute approximate surface area is 266 Å². The Kier molecular flexibility index (Phi) is 7.93. The molecule has 3 aromatic carbocycles. The van der Waals surface area contributed by atoms with Crippen molar-refractivity contribution in [1.82, 2.24) is 14.8 Å². The number of carboxylic acid groups (broad SMARTS) is 1. The average molecular weight is 624 g/mol. The van der Waals surface area contributed by atoms with Gasteiger partial charge in [-0.3, -0.25) is 24.4 Å². The maximum atomic E-state index is 13.7. The molecule has 1 saturated heterocycles. The van der Waals surface area contributed by atoms with Crippen molar-refractivity contribution < 1.29 is 33.8 Å². The third kappa shape index (κ3) is 5.76. The summed E-state index contributed by atoms with van der Waals surface area (Å²) in [6.45, 7) is 6.51. The molecule has 238 valence electrons. The van der Waals surface area contributed by atoms with Crippen LogP contribution >= 0.6 is 0 Å². The summed E-state index contributed by atoms with van der Waals surface area (Å²) in [5.41, 5.74) is 3.27. The second-order valence-electron chi connectivity index (χ2n) is 13.0. The summed E-state index contributed by atoms with van der Waals surface area (Å²) in [7, 11) is 0. The maximum absolute atomic E-state index is 13.7. The fraction of sp³-hybridized carbons (Fsp3) is 0.333. The Hall–Kier alpha value is -4.96. The molecule has 1 aromatic heterocycles. The lowest BCUT2D eigenvalue weighted by Crippen LogP contribution is -2.54. The van der Waals surface area contributed by atoms with Crippen LogP contribution in [-0.4, -0.2) is 68.8 Å². The SMILES string of the molecule is CC(=O)n1ccc2cc(CNC3(C(=O)O)CC(C(=O)OC(C)(C)C)N(C(=O)OCC4c5ccccc5-c5ccccc54)C3)ccc21. The number of carbonyl (C=O) groups excluding carboxylic acids is 3. The van der Waals surface area contributed by atoms with Crippen LogP contribution in [0.4, 0.5) is 4.79 Å². The van der Waals surface area contributed by atoms with Crippen LogP contribution in [0.1, 0.15) is 61.5 Å². The van der Waals surface area contributed by atoms with Gasteiger partial charge in [0.25, 0.3) is 0 Å². The maximum Gasteiger partial charge on any atom is 0.410 e.